The minimum atomic E-state index is -0.936. The molecule has 2 atom stereocenters. The molecule has 1 saturated carbocycles. The Bertz CT molecular complexity index is 320. The van der Waals surface area contributed by atoms with Gasteiger partial charge in [-0.05, 0) is 17.7 Å². The van der Waals surface area contributed by atoms with Gasteiger partial charge in [-0.1, -0.05) is 12.1 Å². The lowest BCUT2D eigenvalue weighted by Crippen LogP contribution is -2.12. The molecule has 1 fully saturated rings. The minimum Gasteiger partial charge on any atom is -0.497 e. The quantitative estimate of drug-likeness (QED) is 0.741. The Morgan fingerprint density at radius 2 is 1.93 bits per heavy atom. The molecule has 76 valence electrons. The highest BCUT2D eigenvalue weighted by Crippen LogP contribution is 2.51. The molecule has 1 aliphatic rings. The van der Waals surface area contributed by atoms with Crippen molar-refractivity contribution in [2.75, 3.05) is 14.2 Å². The smallest absolute Gasteiger partial charge is 0.172 e. The van der Waals surface area contributed by atoms with Gasteiger partial charge in [-0.3, -0.25) is 0 Å². The molecule has 0 heterocycles. The van der Waals surface area contributed by atoms with Gasteiger partial charge in [0.05, 0.1) is 7.11 Å². The van der Waals surface area contributed by atoms with E-state index in [-0.39, 0.29) is 5.92 Å². The van der Waals surface area contributed by atoms with Crippen LogP contribution in [0.1, 0.15) is 17.9 Å². The van der Waals surface area contributed by atoms with Crippen molar-refractivity contribution in [1.29, 1.82) is 0 Å². The SMILES string of the molecule is COc1ccc([C@@H]2C[C@@]2(O)OC)cc1. The van der Waals surface area contributed by atoms with Gasteiger partial charge < -0.3 is 14.6 Å². The number of ether oxygens (including phenoxy) is 2. The van der Waals surface area contributed by atoms with E-state index in [9.17, 15) is 5.11 Å². The summed E-state index contributed by atoms with van der Waals surface area (Å²) < 4.78 is 10.1. The van der Waals surface area contributed by atoms with Gasteiger partial charge in [0.1, 0.15) is 5.75 Å². The summed E-state index contributed by atoms with van der Waals surface area (Å²) in [6.07, 6.45) is 0.676. The zero-order valence-electron chi connectivity index (χ0n) is 8.36. The van der Waals surface area contributed by atoms with Crippen LogP contribution in [0.5, 0.6) is 5.75 Å². The number of benzene rings is 1. The summed E-state index contributed by atoms with van der Waals surface area (Å²) in [4.78, 5) is 0. The topological polar surface area (TPSA) is 38.7 Å². The van der Waals surface area contributed by atoms with Gasteiger partial charge in [0.2, 0.25) is 0 Å². The van der Waals surface area contributed by atoms with Crippen LogP contribution >= 0.6 is 0 Å². The molecule has 0 bridgehead atoms. The van der Waals surface area contributed by atoms with E-state index in [0.717, 1.165) is 11.3 Å². The Labute approximate surface area is 83.3 Å². The monoisotopic (exact) mass is 194 g/mol. The average Bonchev–Trinajstić information content (AvgIpc) is 2.92. The van der Waals surface area contributed by atoms with Crippen LogP contribution in [0.4, 0.5) is 0 Å². The fourth-order valence-electron chi connectivity index (χ4n) is 1.67. The van der Waals surface area contributed by atoms with Crippen molar-refractivity contribution in [2.45, 2.75) is 18.1 Å². The van der Waals surface area contributed by atoms with E-state index >= 15 is 0 Å². The van der Waals surface area contributed by atoms with E-state index in [2.05, 4.69) is 0 Å². The zero-order chi connectivity index (χ0) is 10.2. The fraction of sp³-hybridized carbons (Fsp3) is 0.455. The maximum atomic E-state index is 9.72. The summed E-state index contributed by atoms with van der Waals surface area (Å²) in [6.45, 7) is 0. The lowest BCUT2D eigenvalue weighted by Gasteiger charge is -2.08. The summed E-state index contributed by atoms with van der Waals surface area (Å²) in [7, 11) is 3.17. The van der Waals surface area contributed by atoms with Crippen molar-refractivity contribution >= 4 is 0 Å². The van der Waals surface area contributed by atoms with Crippen molar-refractivity contribution in [1.82, 2.24) is 0 Å². The molecule has 0 aromatic heterocycles. The highest BCUT2D eigenvalue weighted by Gasteiger charge is 2.54. The van der Waals surface area contributed by atoms with Crippen molar-refractivity contribution in [3.8, 4) is 5.75 Å². The maximum absolute atomic E-state index is 9.72. The molecular weight excluding hydrogens is 180 g/mol. The molecule has 0 unspecified atom stereocenters. The number of aliphatic hydroxyl groups is 1. The van der Waals surface area contributed by atoms with Crippen LogP contribution in [-0.4, -0.2) is 25.1 Å². The van der Waals surface area contributed by atoms with Crippen LogP contribution < -0.4 is 4.74 Å². The number of hydrogen-bond acceptors (Lipinski definition) is 3. The summed E-state index contributed by atoms with van der Waals surface area (Å²) in [5, 5.41) is 9.72. The fourth-order valence-corrected chi connectivity index (χ4v) is 1.67. The van der Waals surface area contributed by atoms with Crippen molar-refractivity contribution in [2.24, 2.45) is 0 Å². The second kappa shape index (κ2) is 3.26. The molecule has 0 radical (unpaired) electrons. The Hall–Kier alpha value is -1.06. The molecule has 2 rings (SSSR count). The first-order valence-electron chi connectivity index (χ1n) is 4.61. The molecule has 3 nitrogen and oxygen atoms in total. The Morgan fingerprint density at radius 3 is 2.36 bits per heavy atom. The van der Waals surface area contributed by atoms with Crippen LogP contribution in [0.15, 0.2) is 24.3 Å². The predicted molar refractivity (Wildman–Crippen MR) is 52.3 cm³/mol. The third-order valence-electron chi connectivity index (χ3n) is 2.75. The Balaban J connectivity index is 2.12. The van der Waals surface area contributed by atoms with E-state index in [0.29, 0.717) is 6.42 Å². The lowest BCUT2D eigenvalue weighted by molar-refractivity contribution is -0.105. The third-order valence-corrected chi connectivity index (χ3v) is 2.75. The average molecular weight is 194 g/mol. The van der Waals surface area contributed by atoms with E-state index in [1.807, 2.05) is 24.3 Å². The molecule has 1 aromatic rings. The molecule has 0 spiro atoms. The van der Waals surface area contributed by atoms with Gasteiger partial charge in [-0.2, -0.15) is 0 Å². The van der Waals surface area contributed by atoms with Crippen molar-refractivity contribution in [3.05, 3.63) is 29.8 Å². The third kappa shape index (κ3) is 1.49. The number of methoxy groups -OCH3 is 2. The molecular formula is C11H14O3. The predicted octanol–water partition coefficient (Wildman–Crippen LogP) is 1.52. The zero-order valence-corrected chi connectivity index (χ0v) is 8.36. The molecule has 1 N–H and O–H groups in total. The minimum absolute atomic E-state index is 0.110. The molecule has 1 aliphatic carbocycles. The molecule has 14 heavy (non-hydrogen) atoms. The summed E-state index contributed by atoms with van der Waals surface area (Å²) in [6, 6.07) is 7.70. The Kier molecular flexibility index (Phi) is 2.21. The summed E-state index contributed by atoms with van der Waals surface area (Å²) >= 11 is 0. The van der Waals surface area contributed by atoms with Gasteiger partial charge in [0.15, 0.2) is 5.79 Å². The van der Waals surface area contributed by atoms with Crippen LogP contribution in [0.25, 0.3) is 0 Å². The molecule has 0 aliphatic heterocycles. The van der Waals surface area contributed by atoms with Crippen LogP contribution in [0, 0.1) is 0 Å². The Morgan fingerprint density at radius 1 is 1.29 bits per heavy atom. The van der Waals surface area contributed by atoms with Gasteiger partial charge >= 0.3 is 0 Å². The summed E-state index contributed by atoms with van der Waals surface area (Å²) in [5.41, 5.74) is 1.09. The van der Waals surface area contributed by atoms with E-state index < -0.39 is 5.79 Å². The van der Waals surface area contributed by atoms with E-state index in [4.69, 9.17) is 9.47 Å². The standard InChI is InChI=1S/C11H14O3/c1-13-9-5-3-8(4-6-9)10-7-11(10,12)14-2/h3-6,10,12H,7H2,1-2H3/t10-,11+/m0/s1. The highest BCUT2D eigenvalue weighted by atomic mass is 16.6. The first-order chi connectivity index (χ1) is 6.69. The highest BCUT2D eigenvalue weighted by molar-refractivity contribution is 5.34. The van der Waals surface area contributed by atoms with Crippen molar-refractivity contribution < 1.29 is 14.6 Å². The molecule has 1 aromatic carbocycles. The lowest BCUT2D eigenvalue weighted by atomic mass is 10.1. The van der Waals surface area contributed by atoms with E-state index in [1.165, 1.54) is 7.11 Å². The van der Waals surface area contributed by atoms with Gasteiger partial charge in [-0.25, -0.2) is 0 Å². The number of hydrogen-bond donors (Lipinski definition) is 1. The largest absolute Gasteiger partial charge is 0.497 e. The second-order valence-corrected chi connectivity index (χ2v) is 3.58. The first-order valence-corrected chi connectivity index (χ1v) is 4.61. The van der Waals surface area contributed by atoms with Crippen LogP contribution in [0.3, 0.4) is 0 Å². The molecule has 0 saturated heterocycles. The summed E-state index contributed by atoms with van der Waals surface area (Å²) in [5.74, 6) is 0.00275. The first kappa shape index (κ1) is 9.49. The van der Waals surface area contributed by atoms with Gasteiger partial charge in [0.25, 0.3) is 0 Å². The van der Waals surface area contributed by atoms with Gasteiger partial charge in [-0.15, -0.1) is 0 Å². The van der Waals surface area contributed by atoms with Crippen LogP contribution in [0.2, 0.25) is 0 Å². The van der Waals surface area contributed by atoms with Gasteiger partial charge in [0, 0.05) is 19.4 Å². The molecule has 3 heteroatoms. The number of rotatable bonds is 3. The van der Waals surface area contributed by atoms with Crippen LogP contribution in [-0.2, 0) is 4.74 Å². The van der Waals surface area contributed by atoms with E-state index in [1.54, 1.807) is 7.11 Å². The normalized spacial score (nSPS) is 30.1. The molecule has 0 amide bonds. The van der Waals surface area contributed by atoms with Crippen molar-refractivity contribution in [3.63, 3.8) is 0 Å². The maximum Gasteiger partial charge on any atom is 0.172 e. The second-order valence-electron chi connectivity index (χ2n) is 3.58.